The van der Waals surface area contributed by atoms with Gasteiger partial charge < -0.3 is 15.8 Å². The quantitative estimate of drug-likeness (QED) is 0.782. The van der Waals surface area contributed by atoms with Crippen LogP contribution in [0.3, 0.4) is 0 Å². The number of anilines is 1. The minimum atomic E-state index is 0.184. The van der Waals surface area contributed by atoms with Crippen molar-refractivity contribution >= 4 is 34.5 Å². The standard InChI is InChI=1S/C12H17ClN2OS/c1-3-16-7-8(2)15-11-5-4-9(13)6-10(11)12(14)17/h4-6,8,15H,3,7H2,1-2H3,(H2,14,17). The van der Waals surface area contributed by atoms with E-state index in [4.69, 9.17) is 34.3 Å². The van der Waals surface area contributed by atoms with E-state index in [2.05, 4.69) is 5.32 Å². The van der Waals surface area contributed by atoms with Crippen LogP contribution < -0.4 is 11.1 Å². The highest BCUT2D eigenvalue weighted by atomic mass is 35.5. The Morgan fingerprint density at radius 2 is 2.29 bits per heavy atom. The zero-order valence-electron chi connectivity index (χ0n) is 10.00. The third-order valence-corrected chi connectivity index (χ3v) is 2.68. The summed E-state index contributed by atoms with van der Waals surface area (Å²) in [5, 5.41) is 3.92. The third kappa shape index (κ3) is 4.50. The number of halogens is 1. The lowest BCUT2D eigenvalue weighted by atomic mass is 10.1. The summed E-state index contributed by atoms with van der Waals surface area (Å²) in [4.78, 5) is 0.332. The molecular formula is C12H17ClN2OS. The molecule has 3 N–H and O–H groups in total. The van der Waals surface area contributed by atoms with E-state index in [0.29, 0.717) is 23.2 Å². The smallest absolute Gasteiger partial charge is 0.106 e. The Morgan fingerprint density at radius 1 is 1.59 bits per heavy atom. The van der Waals surface area contributed by atoms with Crippen molar-refractivity contribution in [2.45, 2.75) is 19.9 Å². The van der Waals surface area contributed by atoms with Gasteiger partial charge in [0.05, 0.1) is 6.61 Å². The van der Waals surface area contributed by atoms with Crippen molar-refractivity contribution in [2.75, 3.05) is 18.5 Å². The number of nitrogens with one attached hydrogen (secondary N) is 1. The van der Waals surface area contributed by atoms with E-state index < -0.39 is 0 Å². The van der Waals surface area contributed by atoms with E-state index in [9.17, 15) is 0 Å². The van der Waals surface area contributed by atoms with Crippen molar-refractivity contribution in [1.29, 1.82) is 0 Å². The fraction of sp³-hybridized carbons (Fsp3) is 0.417. The highest BCUT2D eigenvalue weighted by Crippen LogP contribution is 2.21. The van der Waals surface area contributed by atoms with Gasteiger partial charge in [0, 0.05) is 28.9 Å². The molecule has 5 heteroatoms. The minimum Gasteiger partial charge on any atom is -0.389 e. The number of rotatable bonds is 6. The Bertz CT molecular complexity index is 398. The lowest BCUT2D eigenvalue weighted by Crippen LogP contribution is -2.24. The number of hydrogen-bond acceptors (Lipinski definition) is 3. The summed E-state index contributed by atoms with van der Waals surface area (Å²) in [7, 11) is 0. The van der Waals surface area contributed by atoms with Gasteiger partial charge in [-0.25, -0.2) is 0 Å². The van der Waals surface area contributed by atoms with Crippen LogP contribution in [0, 0.1) is 0 Å². The lowest BCUT2D eigenvalue weighted by Gasteiger charge is -2.17. The van der Waals surface area contributed by atoms with Gasteiger partial charge in [0.1, 0.15) is 4.99 Å². The summed E-state index contributed by atoms with van der Waals surface area (Å²) in [6.45, 7) is 5.34. The average molecular weight is 273 g/mol. The van der Waals surface area contributed by atoms with E-state index >= 15 is 0 Å². The first kappa shape index (κ1) is 14.2. The maximum atomic E-state index is 5.91. The van der Waals surface area contributed by atoms with Crippen molar-refractivity contribution in [3.63, 3.8) is 0 Å². The summed E-state index contributed by atoms with van der Waals surface area (Å²) in [6.07, 6.45) is 0. The molecule has 1 aromatic rings. The molecule has 1 atom stereocenters. The van der Waals surface area contributed by atoms with E-state index in [1.807, 2.05) is 19.9 Å². The van der Waals surface area contributed by atoms with Crippen LogP contribution in [0.5, 0.6) is 0 Å². The monoisotopic (exact) mass is 272 g/mol. The van der Waals surface area contributed by atoms with E-state index in [0.717, 1.165) is 11.3 Å². The predicted octanol–water partition coefficient (Wildman–Crippen LogP) is 2.81. The molecule has 0 heterocycles. The molecule has 0 amide bonds. The maximum absolute atomic E-state index is 5.91. The highest BCUT2D eigenvalue weighted by Gasteiger charge is 2.09. The molecular weight excluding hydrogens is 256 g/mol. The van der Waals surface area contributed by atoms with Gasteiger partial charge in [0.2, 0.25) is 0 Å². The third-order valence-electron chi connectivity index (χ3n) is 2.22. The first-order chi connectivity index (χ1) is 8.04. The molecule has 0 aliphatic heterocycles. The second-order valence-corrected chi connectivity index (χ2v) is 4.64. The predicted molar refractivity (Wildman–Crippen MR) is 76.9 cm³/mol. The van der Waals surface area contributed by atoms with Gasteiger partial charge in [-0.15, -0.1) is 0 Å². The fourth-order valence-electron chi connectivity index (χ4n) is 1.45. The zero-order valence-corrected chi connectivity index (χ0v) is 11.6. The van der Waals surface area contributed by atoms with Gasteiger partial charge in [-0.05, 0) is 32.0 Å². The van der Waals surface area contributed by atoms with E-state index in [1.54, 1.807) is 12.1 Å². The van der Waals surface area contributed by atoms with E-state index in [1.165, 1.54) is 0 Å². The summed E-state index contributed by atoms with van der Waals surface area (Å²) in [5.74, 6) is 0. The summed E-state index contributed by atoms with van der Waals surface area (Å²) in [5.41, 5.74) is 7.30. The van der Waals surface area contributed by atoms with E-state index in [-0.39, 0.29) is 6.04 Å². The van der Waals surface area contributed by atoms with Crippen LogP contribution in [0.15, 0.2) is 18.2 Å². The number of ether oxygens (including phenoxy) is 1. The van der Waals surface area contributed by atoms with Crippen LogP contribution in [0.1, 0.15) is 19.4 Å². The molecule has 0 aliphatic rings. The molecule has 0 saturated heterocycles. The first-order valence-corrected chi connectivity index (χ1v) is 6.26. The Hall–Kier alpha value is -0.840. The van der Waals surface area contributed by atoms with Crippen molar-refractivity contribution in [3.8, 4) is 0 Å². The van der Waals surface area contributed by atoms with Crippen LogP contribution in [0.4, 0.5) is 5.69 Å². The van der Waals surface area contributed by atoms with Crippen LogP contribution in [-0.4, -0.2) is 24.2 Å². The summed E-state index contributed by atoms with van der Waals surface area (Å²) >= 11 is 10.9. The molecule has 1 aromatic carbocycles. The molecule has 0 aromatic heterocycles. The van der Waals surface area contributed by atoms with Crippen molar-refractivity contribution in [2.24, 2.45) is 5.73 Å². The van der Waals surface area contributed by atoms with Crippen molar-refractivity contribution < 1.29 is 4.74 Å². The Morgan fingerprint density at radius 3 is 2.88 bits per heavy atom. The molecule has 0 saturated carbocycles. The Labute approximate surface area is 112 Å². The summed E-state index contributed by atoms with van der Waals surface area (Å²) in [6, 6.07) is 5.63. The molecule has 94 valence electrons. The largest absolute Gasteiger partial charge is 0.389 e. The SMILES string of the molecule is CCOCC(C)Nc1ccc(Cl)cc1C(N)=S. The zero-order chi connectivity index (χ0) is 12.8. The first-order valence-electron chi connectivity index (χ1n) is 5.48. The van der Waals surface area contributed by atoms with Gasteiger partial charge in [-0.2, -0.15) is 0 Å². The van der Waals surface area contributed by atoms with Crippen LogP contribution >= 0.6 is 23.8 Å². The van der Waals surface area contributed by atoms with Gasteiger partial charge in [0.15, 0.2) is 0 Å². The molecule has 0 fully saturated rings. The molecule has 1 unspecified atom stereocenters. The topological polar surface area (TPSA) is 47.3 Å². The van der Waals surface area contributed by atoms with Crippen LogP contribution in [0.25, 0.3) is 0 Å². The molecule has 0 spiro atoms. The molecule has 0 bridgehead atoms. The fourth-order valence-corrected chi connectivity index (χ4v) is 1.79. The lowest BCUT2D eigenvalue weighted by molar-refractivity contribution is 0.141. The number of benzene rings is 1. The number of hydrogen-bond donors (Lipinski definition) is 2. The Balaban J connectivity index is 2.79. The number of thiocarbonyl (C=S) groups is 1. The van der Waals surface area contributed by atoms with Crippen molar-refractivity contribution in [1.82, 2.24) is 0 Å². The second-order valence-electron chi connectivity index (χ2n) is 3.76. The number of nitrogens with two attached hydrogens (primary N) is 1. The van der Waals surface area contributed by atoms with Crippen LogP contribution in [0.2, 0.25) is 5.02 Å². The van der Waals surface area contributed by atoms with Gasteiger partial charge in [0.25, 0.3) is 0 Å². The normalized spacial score (nSPS) is 12.2. The second kappa shape index (κ2) is 6.79. The van der Waals surface area contributed by atoms with Gasteiger partial charge in [-0.3, -0.25) is 0 Å². The van der Waals surface area contributed by atoms with Crippen molar-refractivity contribution in [3.05, 3.63) is 28.8 Å². The van der Waals surface area contributed by atoms with Gasteiger partial charge >= 0.3 is 0 Å². The molecule has 0 aliphatic carbocycles. The molecule has 17 heavy (non-hydrogen) atoms. The highest BCUT2D eigenvalue weighted by molar-refractivity contribution is 7.80. The minimum absolute atomic E-state index is 0.184. The maximum Gasteiger partial charge on any atom is 0.106 e. The van der Waals surface area contributed by atoms with Gasteiger partial charge in [-0.1, -0.05) is 23.8 Å². The average Bonchev–Trinajstić information content (AvgIpc) is 2.28. The van der Waals surface area contributed by atoms with Crippen LogP contribution in [-0.2, 0) is 4.74 Å². The molecule has 1 rings (SSSR count). The Kier molecular flexibility index (Phi) is 5.68. The summed E-state index contributed by atoms with van der Waals surface area (Å²) < 4.78 is 5.34. The molecule has 0 radical (unpaired) electrons. The molecule has 3 nitrogen and oxygen atoms in total.